The molecule has 0 saturated carbocycles. The zero-order valence-electron chi connectivity index (χ0n) is 16.6. The van der Waals surface area contributed by atoms with E-state index in [1.54, 1.807) is 0 Å². The van der Waals surface area contributed by atoms with E-state index in [2.05, 4.69) is 77.7 Å². The number of aryl methyl sites for hydroxylation is 1. The Balaban J connectivity index is 1.61. The maximum atomic E-state index is 5.37. The molecule has 0 atom stereocenters. The van der Waals surface area contributed by atoms with Crippen molar-refractivity contribution < 1.29 is 4.52 Å². The Morgan fingerprint density at radius 2 is 2.07 bits per heavy atom. The van der Waals surface area contributed by atoms with Gasteiger partial charge in [-0.1, -0.05) is 37.2 Å². The van der Waals surface area contributed by atoms with Crippen LogP contribution >= 0.6 is 0 Å². The Hall–Kier alpha value is -2.76. The number of hydrogen-bond donors (Lipinski definition) is 3. The van der Waals surface area contributed by atoms with E-state index in [-0.39, 0.29) is 0 Å². The first-order valence-electron chi connectivity index (χ1n) is 9.62. The molecular formula is C21H29N5O. The van der Waals surface area contributed by atoms with Crippen LogP contribution in [0, 0.1) is 6.92 Å². The second-order valence-electron chi connectivity index (χ2n) is 7.02. The Labute approximate surface area is 160 Å². The van der Waals surface area contributed by atoms with Gasteiger partial charge >= 0.3 is 0 Å². The minimum atomic E-state index is 0.359. The fourth-order valence-electron chi connectivity index (χ4n) is 3.14. The normalized spacial score (nSPS) is 12.1. The molecule has 3 aromatic rings. The molecule has 3 rings (SSSR count). The summed E-state index contributed by atoms with van der Waals surface area (Å²) in [6.45, 7) is 10.5. The summed E-state index contributed by atoms with van der Waals surface area (Å²) >= 11 is 0. The molecule has 0 amide bonds. The van der Waals surface area contributed by atoms with Crippen molar-refractivity contribution in [2.75, 3.05) is 13.1 Å². The van der Waals surface area contributed by atoms with Crippen LogP contribution in [0.25, 0.3) is 10.9 Å². The summed E-state index contributed by atoms with van der Waals surface area (Å²) < 4.78 is 5.37. The van der Waals surface area contributed by atoms with Gasteiger partial charge in [0.2, 0.25) is 0 Å². The number of aromatic amines is 1. The van der Waals surface area contributed by atoms with Gasteiger partial charge < -0.3 is 20.1 Å². The lowest BCUT2D eigenvalue weighted by atomic mass is 10.1. The summed E-state index contributed by atoms with van der Waals surface area (Å²) in [7, 11) is 0. The fraction of sp³-hybridized carbons (Fsp3) is 0.429. The van der Waals surface area contributed by atoms with Crippen molar-refractivity contribution in [3.05, 3.63) is 53.0 Å². The first-order chi connectivity index (χ1) is 13.1. The molecule has 3 N–H and O–H groups in total. The van der Waals surface area contributed by atoms with Crippen LogP contribution in [0.1, 0.15) is 49.4 Å². The summed E-state index contributed by atoms with van der Waals surface area (Å²) in [6, 6.07) is 10.4. The van der Waals surface area contributed by atoms with E-state index in [0.29, 0.717) is 12.5 Å². The number of aromatic nitrogens is 2. The number of benzene rings is 1. The molecule has 0 bridgehead atoms. The van der Waals surface area contributed by atoms with Crippen LogP contribution in [0.15, 0.2) is 39.8 Å². The van der Waals surface area contributed by atoms with Crippen LogP contribution in [0.5, 0.6) is 0 Å². The van der Waals surface area contributed by atoms with E-state index < -0.39 is 0 Å². The van der Waals surface area contributed by atoms with Crippen molar-refractivity contribution in [3.8, 4) is 0 Å². The Bertz CT molecular complexity index is 906. The number of aliphatic imine (C=N–C) groups is 1. The van der Waals surface area contributed by atoms with Gasteiger partial charge in [-0.05, 0) is 37.8 Å². The molecule has 0 unspecified atom stereocenters. The molecule has 2 aromatic heterocycles. The van der Waals surface area contributed by atoms with Gasteiger partial charge in [0.15, 0.2) is 11.7 Å². The van der Waals surface area contributed by atoms with Gasteiger partial charge in [0.1, 0.15) is 6.54 Å². The maximum absolute atomic E-state index is 5.37. The number of H-pyrrole nitrogens is 1. The number of nitrogens with one attached hydrogen (secondary N) is 3. The standard InChI is InChI=1S/C21H29N5O/c1-5-22-21(24-13-16-12-20(14(2)3)26-27-16)23-11-10-17-15(4)25-19-9-7-6-8-18(17)19/h6-9,12,14,25H,5,10-11,13H2,1-4H3,(H2,22,23,24). The van der Waals surface area contributed by atoms with Crippen LogP contribution in [-0.4, -0.2) is 29.2 Å². The van der Waals surface area contributed by atoms with E-state index in [1.807, 2.05) is 6.07 Å². The summed E-state index contributed by atoms with van der Waals surface area (Å²) in [6.07, 6.45) is 0.931. The Kier molecular flexibility index (Phi) is 6.16. The van der Waals surface area contributed by atoms with E-state index in [1.165, 1.54) is 22.2 Å². The van der Waals surface area contributed by atoms with Crippen molar-refractivity contribution in [3.63, 3.8) is 0 Å². The van der Waals surface area contributed by atoms with Crippen LogP contribution in [0.4, 0.5) is 0 Å². The summed E-state index contributed by atoms with van der Waals surface area (Å²) in [4.78, 5) is 8.07. The van der Waals surface area contributed by atoms with Gasteiger partial charge in [0, 0.05) is 35.8 Å². The van der Waals surface area contributed by atoms with Crippen molar-refractivity contribution in [2.45, 2.75) is 46.6 Å². The molecule has 0 spiro atoms. The van der Waals surface area contributed by atoms with E-state index in [0.717, 1.165) is 36.9 Å². The molecule has 0 fully saturated rings. The average molecular weight is 367 g/mol. The number of nitrogens with zero attached hydrogens (tertiary/aromatic N) is 2. The molecule has 27 heavy (non-hydrogen) atoms. The molecular weight excluding hydrogens is 338 g/mol. The quantitative estimate of drug-likeness (QED) is 0.437. The molecule has 0 aliphatic rings. The van der Waals surface area contributed by atoms with Crippen LogP contribution in [-0.2, 0) is 13.0 Å². The highest BCUT2D eigenvalue weighted by Crippen LogP contribution is 2.21. The predicted octanol–water partition coefficient (Wildman–Crippen LogP) is 3.89. The third-order valence-electron chi connectivity index (χ3n) is 4.60. The van der Waals surface area contributed by atoms with Crippen molar-refractivity contribution in [2.24, 2.45) is 4.99 Å². The second-order valence-corrected chi connectivity index (χ2v) is 7.02. The maximum Gasteiger partial charge on any atom is 0.191 e. The summed E-state index contributed by atoms with van der Waals surface area (Å²) in [5.41, 5.74) is 4.73. The smallest absolute Gasteiger partial charge is 0.191 e. The molecule has 2 heterocycles. The number of hydrogen-bond acceptors (Lipinski definition) is 3. The van der Waals surface area contributed by atoms with Crippen molar-refractivity contribution in [1.82, 2.24) is 20.8 Å². The van der Waals surface area contributed by atoms with Crippen LogP contribution in [0.2, 0.25) is 0 Å². The zero-order valence-corrected chi connectivity index (χ0v) is 16.6. The molecule has 1 aromatic carbocycles. The first-order valence-corrected chi connectivity index (χ1v) is 9.62. The van der Waals surface area contributed by atoms with E-state index in [9.17, 15) is 0 Å². The molecule has 6 heteroatoms. The molecule has 0 radical (unpaired) electrons. The topological polar surface area (TPSA) is 78.2 Å². The number of fused-ring (bicyclic) bond motifs is 1. The van der Waals surface area contributed by atoms with Gasteiger partial charge in [-0.25, -0.2) is 4.99 Å². The van der Waals surface area contributed by atoms with E-state index in [4.69, 9.17) is 4.52 Å². The number of rotatable bonds is 7. The Morgan fingerprint density at radius 3 is 2.81 bits per heavy atom. The lowest BCUT2D eigenvalue weighted by molar-refractivity contribution is 0.376. The lowest BCUT2D eigenvalue weighted by Crippen LogP contribution is -2.38. The van der Waals surface area contributed by atoms with Gasteiger partial charge in [0.25, 0.3) is 0 Å². The molecule has 0 aliphatic carbocycles. The highest BCUT2D eigenvalue weighted by molar-refractivity contribution is 5.84. The Morgan fingerprint density at radius 1 is 1.26 bits per heavy atom. The van der Waals surface area contributed by atoms with Gasteiger partial charge in [-0.15, -0.1) is 0 Å². The lowest BCUT2D eigenvalue weighted by Gasteiger charge is -2.11. The summed E-state index contributed by atoms with van der Waals surface area (Å²) in [5.74, 6) is 1.93. The monoisotopic (exact) mass is 367 g/mol. The van der Waals surface area contributed by atoms with Crippen LogP contribution < -0.4 is 10.6 Å². The minimum absolute atomic E-state index is 0.359. The van der Waals surface area contributed by atoms with Crippen molar-refractivity contribution >= 4 is 16.9 Å². The third-order valence-corrected chi connectivity index (χ3v) is 4.60. The molecule has 0 saturated heterocycles. The second kappa shape index (κ2) is 8.75. The average Bonchev–Trinajstić information content (AvgIpc) is 3.24. The van der Waals surface area contributed by atoms with Gasteiger partial charge in [-0.3, -0.25) is 0 Å². The fourth-order valence-corrected chi connectivity index (χ4v) is 3.14. The highest BCUT2D eigenvalue weighted by Gasteiger charge is 2.09. The molecule has 0 aliphatic heterocycles. The molecule has 144 valence electrons. The first kappa shape index (κ1) is 19.0. The van der Waals surface area contributed by atoms with Gasteiger partial charge in [-0.2, -0.15) is 0 Å². The zero-order chi connectivity index (χ0) is 19.2. The SMILES string of the molecule is CCNC(=NCc1cc(C(C)C)no1)NCCc1c(C)[nH]c2ccccc12. The van der Waals surface area contributed by atoms with Gasteiger partial charge in [0.05, 0.1) is 5.69 Å². The van der Waals surface area contributed by atoms with Crippen LogP contribution in [0.3, 0.4) is 0 Å². The summed E-state index contributed by atoms with van der Waals surface area (Å²) in [5, 5.41) is 12.1. The van der Waals surface area contributed by atoms with E-state index >= 15 is 0 Å². The molecule has 6 nitrogen and oxygen atoms in total. The largest absolute Gasteiger partial charge is 0.359 e. The highest BCUT2D eigenvalue weighted by atomic mass is 16.5. The van der Waals surface area contributed by atoms with Crippen molar-refractivity contribution in [1.29, 1.82) is 0 Å². The third kappa shape index (κ3) is 4.70. The number of guanidine groups is 1. The predicted molar refractivity (Wildman–Crippen MR) is 110 cm³/mol. The number of para-hydroxylation sites is 1. The minimum Gasteiger partial charge on any atom is -0.359 e.